The molecule has 0 fully saturated rings. The molecule has 0 unspecified atom stereocenters. The first-order valence-electron chi connectivity index (χ1n) is 8.12. The molecule has 29 heavy (non-hydrogen) atoms. The van der Waals surface area contributed by atoms with E-state index < -0.39 is 64.6 Å². The third-order valence-electron chi connectivity index (χ3n) is 3.57. The first-order chi connectivity index (χ1) is 13.7. The highest BCUT2D eigenvalue weighted by molar-refractivity contribution is 5.95. The Kier molecular flexibility index (Phi) is 7.23. The van der Waals surface area contributed by atoms with Crippen LogP contribution in [0.3, 0.4) is 0 Å². The topological polar surface area (TPSA) is 87.3 Å². The molecule has 0 atom stereocenters. The lowest BCUT2D eigenvalue weighted by molar-refractivity contribution is -0.124. The molecule has 0 aliphatic heterocycles. The van der Waals surface area contributed by atoms with Crippen LogP contribution >= 0.6 is 0 Å². The van der Waals surface area contributed by atoms with Crippen molar-refractivity contribution in [3.8, 4) is 0 Å². The third kappa shape index (κ3) is 5.99. The van der Waals surface area contributed by atoms with Gasteiger partial charge in [0.1, 0.15) is 11.6 Å². The fraction of sp³-hybridized carbons (Fsp3) is 0.167. The van der Waals surface area contributed by atoms with Gasteiger partial charge in [0.05, 0.1) is 17.8 Å². The summed E-state index contributed by atoms with van der Waals surface area (Å²) >= 11 is 0. The number of hydrogen-bond donors (Lipinski definition) is 3. The number of carbonyl (C=O) groups excluding carboxylic acids is 3. The molecule has 6 nitrogen and oxygen atoms in total. The largest absolute Gasteiger partial charge is 0.351 e. The van der Waals surface area contributed by atoms with Gasteiger partial charge in [0, 0.05) is 19.0 Å². The van der Waals surface area contributed by atoms with Gasteiger partial charge in [-0.2, -0.15) is 0 Å². The minimum atomic E-state index is -1.75. The highest BCUT2D eigenvalue weighted by Gasteiger charge is 2.16. The van der Waals surface area contributed by atoms with Crippen molar-refractivity contribution in [1.82, 2.24) is 10.6 Å². The van der Waals surface area contributed by atoms with E-state index in [-0.39, 0.29) is 13.0 Å². The standard InChI is InChI=1S/C18H14F5N3O3/c19-9-1-2-10(12(21)7-9)18(29)24-6-5-14(27)25-8-15(28)26-13-4-3-11(20)16(22)17(13)23/h1-4,7H,5-6,8H2,(H,24,29)(H,25,27)(H,26,28). The molecular formula is C18H14F5N3O3. The van der Waals surface area contributed by atoms with Crippen molar-refractivity contribution in [2.24, 2.45) is 0 Å². The Bertz CT molecular complexity index is 953. The van der Waals surface area contributed by atoms with Gasteiger partial charge < -0.3 is 16.0 Å². The molecule has 0 spiro atoms. The predicted molar refractivity (Wildman–Crippen MR) is 91.3 cm³/mol. The smallest absolute Gasteiger partial charge is 0.254 e. The maximum absolute atomic E-state index is 13.5. The number of rotatable bonds is 7. The average Bonchev–Trinajstić information content (AvgIpc) is 2.66. The molecule has 0 heterocycles. The number of benzene rings is 2. The summed E-state index contributed by atoms with van der Waals surface area (Å²) < 4.78 is 65.6. The highest BCUT2D eigenvalue weighted by Crippen LogP contribution is 2.19. The fourth-order valence-electron chi connectivity index (χ4n) is 2.14. The molecule has 0 radical (unpaired) electrons. The lowest BCUT2D eigenvalue weighted by atomic mass is 10.2. The monoisotopic (exact) mass is 415 g/mol. The summed E-state index contributed by atoms with van der Waals surface area (Å²) in [6.45, 7) is -0.807. The van der Waals surface area contributed by atoms with E-state index in [9.17, 15) is 36.3 Å². The van der Waals surface area contributed by atoms with Gasteiger partial charge in [-0.1, -0.05) is 0 Å². The fourth-order valence-corrected chi connectivity index (χ4v) is 2.14. The van der Waals surface area contributed by atoms with Crippen LogP contribution in [0.5, 0.6) is 0 Å². The minimum Gasteiger partial charge on any atom is -0.351 e. The summed E-state index contributed by atoms with van der Waals surface area (Å²) in [5, 5.41) is 6.37. The van der Waals surface area contributed by atoms with E-state index in [0.29, 0.717) is 12.1 Å². The molecule has 3 amide bonds. The lowest BCUT2D eigenvalue weighted by Gasteiger charge is -2.09. The van der Waals surface area contributed by atoms with Crippen molar-refractivity contribution < 1.29 is 36.3 Å². The van der Waals surface area contributed by atoms with Gasteiger partial charge in [-0.3, -0.25) is 14.4 Å². The van der Waals surface area contributed by atoms with Crippen LogP contribution in [0.2, 0.25) is 0 Å². The normalized spacial score (nSPS) is 10.4. The van der Waals surface area contributed by atoms with Crippen molar-refractivity contribution in [2.45, 2.75) is 6.42 Å². The summed E-state index contributed by atoms with van der Waals surface area (Å²) in [5.74, 6) is -9.10. The van der Waals surface area contributed by atoms with E-state index in [4.69, 9.17) is 0 Å². The molecule has 3 N–H and O–H groups in total. The van der Waals surface area contributed by atoms with Crippen LogP contribution in [0.25, 0.3) is 0 Å². The van der Waals surface area contributed by atoms with Crippen molar-refractivity contribution in [3.63, 3.8) is 0 Å². The Morgan fingerprint density at radius 1 is 0.793 bits per heavy atom. The number of amides is 3. The lowest BCUT2D eigenvalue weighted by Crippen LogP contribution is -2.35. The molecule has 2 aromatic carbocycles. The second-order valence-corrected chi connectivity index (χ2v) is 5.68. The summed E-state index contributed by atoms with van der Waals surface area (Å²) in [5.41, 5.74) is -1.00. The van der Waals surface area contributed by atoms with Crippen molar-refractivity contribution in [2.75, 3.05) is 18.4 Å². The Morgan fingerprint density at radius 3 is 2.21 bits per heavy atom. The van der Waals surface area contributed by atoms with Gasteiger partial charge in [-0.05, 0) is 24.3 Å². The van der Waals surface area contributed by atoms with E-state index in [1.807, 2.05) is 5.32 Å². The molecule has 0 saturated carbocycles. The number of anilines is 1. The molecule has 154 valence electrons. The van der Waals surface area contributed by atoms with Crippen LogP contribution in [0, 0.1) is 29.1 Å². The van der Waals surface area contributed by atoms with E-state index in [1.165, 1.54) is 0 Å². The van der Waals surface area contributed by atoms with Gasteiger partial charge in [-0.15, -0.1) is 0 Å². The number of carbonyl (C=O) groups is 3. The molecule has 11 heteroatoms. The van der Waals surface area contributed by atoms with Crippen molar-refractivity contribution in [1.29, 1.82) is 0 Å². The van der Waals surface area contributed by atoms with Gasteiger partial charge in [-0.25, -0.2) is 22.0 Å². The van der Waals surface area contributed by atoms with Crippen LogP contribution in [0.4, 0.5) is 27.6 Å². The minimum absolute atomic E-state index is 0.207. The van der Waals surface area contributed by atoms with Gasteiger partial charge >= 0.3 is 0 Å². The Morgan fingerprint density at radius 2 is 1.52 bits per heavy atom. The quantitative estimate of drug-likeness (QED) is 0.479. The van der Waals surface area contributed by atoms with E-state index in [0.717, 1.165) is 18.2 Å². The molecule has 0 aromatic heterocycles. The average molecular weight is 415 g/mol. The molecule has 2 rings (SSSR count). The Balaban J connectivity index is 1.75. The number of halogens is 5. The second kappa shape index (κ2) is 9.62. The number of hydrogen-bond acceptors (Lipinski definition) is 3. The Hall–Kier alpha value is -3.50. The first-order valence-corrected chi connectivity index (χ1v) is 8.12. The van der Waals surface area contributed by atoms with Gasteiger partial charge in [0.2, 0.25) is 11.8 Å². The van der Waals surface area contributed by atoms with Crippen LogP contribution in [0.1, 0.15) is 16.8 Å². The van der Waals surface area contributed by atoms with Crippen LogP contribution in [-0.2, 0) is 9.59 Å². The Labute approximate surface area is 161 Å². The van der Waals surface area contributed by atoms with Gasteiger partial charge in [0.25, 0.3) is 5.91 Å². The maximum Gasteiger partial charge on any atom is 0.254 e. The predicted octanol–water partition coefficient (Wildman–Crippen LogP) is 2.26. The van der Waals surface area contributed by atoms with Crippen LogP contribution in [0.15, 0.2) is 30.3 Å². The van der Waals surface area contributed by atoms with E-state index in [1.54, 1.807) is 0 Å². The van der Waals surface area contributed by atoms with Gasteiger partial charge in [0.15, 0.2) is 17.5 Å². The molecule has 2 aromatic rings. The van der Waals surface area contributed by atoms with Crippen molar-refractivity contribution in [3.05, 3.63) is 65.0 Å². The highest BCUT2D eigenvalue weighted by atomic mass is 19.2. The second-order valence-electron chi connectivity index (χ2n) is 5.68. The molecule has 0 bridgehead atoms. The third-order valence-corrected chi connectivity index (χ3v) is 3.57. The van der Waals surface area contributed by atoms with E-state index in [2.05, 4.69) is 10.6 Å². The van der Waals surface area contributed by atoms with Crippen LogP contribution < -0.4 is 16.0 Å². The van der Waals surface area contributed by atoms with Crippen LogP contribution in [-0.4, -0.2) is 30.8 Å². The van der Waals surface area contributed by atoms with E-state index >= 15 is 0 Å². The summed E-state index contributed by atoms with van der Waals surface area (Å²) in [6, 6.07) is 3.83. The molecular weight excluding hydrogens is 401 g/mol. The summed E-state index contributed by atoms with van der Waals surface area (Å²) in [4.78, 5) is 35.0. The zero-order chi connectivity index (χ0) is 21.6. The summed E-state index contributed by atoms with van der Waals surface area (Å²) in [6.07, 6.45) is -0.276. The molecule has 0 saturated heterocycles. The number of nitrogens with one attached hydrogen (secondary N) is 3. The van der Waals surface area contributed by atoms with Crippen molar-refractivity contribution >= 4 is 23.4 Å². The zero-order valence-electron chi connectivity index (χ0n) is 14.6. The first kappa shape index (κ1) is 21.8. The SMILES string of the molecule is O=C(CCNC(=O)c1ccc(F)cc1F)NCC(=O)Nc1ccc(F)c(F)c1F. The molecule has 0 aliphatic rings. The zero-order valence-corrected chi connectivity index (χ0v) is 14.6. The molecule has 0 aliphatic carbocycles. The maximum atomic E-state index is 13.5. The summed E-state index contributed by atoms with van der Waals surface area (Å²) in [7, 11) is 0.